The summed E-state index contributed by atoms with van der Waals surface area (Å²) in [6.45, 7) is 1.63. The molecule has 1 atom stereocenters. The number of rotatable bonds is 5. The Balaban J connectivity index is 1.85. The van der Waals surface area contributed by atoms with Gasteiger partial charge < -0.3 is 10.2 Å². The molecule has 1 amide bonds. The van der Waals surface area contributed by atoms with E-state index in [4.69, 9.17) is 16.4 Å². The number of nitrogens with one attached hydrogen (secondary N) is 1. The van der Waals surface area contributed by atoms with Gasteiger partial charge in [-0.05, 0) is 48.9 Å². The smallest absolute Gasteiger partial charge is 0.267 e. The third kappa shape index (κ3) is 5.16. The fourth-order valence-electron chi connectivity index (χ4n) is 1.56. The molecule has 0 bridgehead atoms. The second-order valence-corrected chi connectivity index (χ2v) is 5.88. The first-order valence-corrected chi connectivity index (χ1v) is 7.73. The minimum atomic E-state index is -0.702. The van der Waals surface area contributed by atoms with E-state index >= 15 is 0 Å². The highest BCUT2D eigenvalue weighted by Crippen LogP contribution is 2.14. The molecule has 4 nitrogen and oxygen atoms in total. The van der Waals surface area contributed by atoms with Crippen molar-refractivity contribution >= 4 is 45.3 Å². The van der Waals surface area contributed by atoms with Crippen LogP contribution in [0.5, 0.6) is 0 Å². The predicted octanol–water partition coefficient (Wildman–Crippen LogP) is 4.48. The van der Waals surface area contributed by atoms with E-state index in [1.165, 1.54) is 6.21 Å². The summed E-state index contributed by atoms with van der Waals surface area (Å²) in [6.07, 6.45) is 0.826. The Hall–Kier alpha value is -1.85. The zero-order valence-electron chi connectivity index (χ0n) is 11.8. The van der Waals surface area contributed by atoms with Crippen molar-refractivity contribution in [3.05, 3.63) is 63.6 Å². The van der Waals surface area contributed by atoms with E-state index in [2.05, 4.69) is 26.4 Å². The van der Waals surface area contributed by atoms with Crippen LogP contribution in [0.15, 0.2) is 58.2 Å². The average Bonchev–Trinajstić information content (AvgIpc) is 2.51. The zero-order chi connectivity index (χ0) is 15.9. The largest absolute Gasteiger partial charge is 0.383 e. The van der Waals surface area contributed by atoms with Gasteiger partial charge in [0.2, 0.25) is 6.10 Å². The van der Waals surface area contributed by atoms with Gasteiger partial charge in [0.05, 0.1) is 6.21 Å². The Labute approximate surface area is 142 Å². The molecule has 2 aromatic rings. The lowest BCUT2D eigenvalue weighted by Crippen LogP contribution is -2.26. The molecule has 0 saturated heterocycles. The maximum atomic E-state index is 11.9. The molecule has 0 aliphatic carbocycles. The summed E-state index contributed by atoms with van der Waals surface area (Å²) in [5.41, 5.74) is 1.54. The molecule has 6 heteroatoms. The molecule has 0 aliphatic heterocycles. The number of anilines is 1. The van der Waals surface area contributed by atoms with Crippen LogP contribution in [0.4, 0.5) is 5.69 Å². The third-order valence-corrected chi connectivity index (χ3v) is 3.55. The van der Waals surface area contributed by atoms with Crippen LogP contribution >= 0.6 is 27.5 Å². The van der Waals surface area contributed by atoms with E-state index in [1.54, 1.807) is 31.2 Å². The molecule has 0 fully saturated rings. The maximum Gasteiger partial charge on any atom is 0.267 e. The molecule has 22 heavy (non-hydrogen) atoms. The molecule has 0 saturated carbocycles. The SMILES string of the molecule is CC(O/N=C/c1ccc(Cl)cc1)C(=O)Nc1ccc(Br)cc1. The lowest BCUT2D eigenvalue weighted by atomic mass is 10.2. The molecule has 2 rings (SSSR count). The normalized spacial score (nSPS) is 12.1. The van der Waals surface area contributed by atoms with E-state index in [1.807, 2.05) is 24.3 Å². The first kappa shape index (κ1) is 16.5. The van der Waals surface area contributed by atoms with E-state index in [-0.39, 0.29) is 5.91 Å². The molecular formula is C16H14BrClN2O2. The van der Waals surface area contributed by atoms with Crippen molar-refractivity contribution in [1.82, 2.24) is 0 Å². The second-order valence-electron chi connectivity index (χ2n) is 4.53. The molecular weight excluding hydrogens is 368 g/mol. The molecule has 0 spiro atoms. The van der Waals surface area contributed by atoms with Gasteiger partial charge >= 0.3 is 0 Å². The molecule has 0 radical (unpaired) electrons. The summed E-state index contributed by atoms with van der Waals surface area (Å²) in [6, 6.07) is 14.4. The summed E-state index contributed by atoms with van der Waals surface area (Å²) in [5, 5.41) is 7.21. The summed E-state index contributed by atoms with van der Waals surface area (Å²) < 4.78 is 0.947. The number of hydrogen-bond donors (Lipinski definition) is 1. The van der Waals surface area contributed by atoms with Gasteiger partial charge in [-0.25, -0.2) is 0 Å². The lowest BCUT2D eigenvalue weighted by Gasteiger charge is -2.10. The fraction of sp³-hybridized carbons (Fsp3) is 0.125. The Kier molecular flexibility index (Phi) is 5.98. The van der Waals surface area contributed by atoms with Crippen LogP contribution in [-0.2, 0) is 9.63 Å². The highest BCUT2D eigenvalue weighted by atomic mass is 79.9. The minimum absolute atomic E-state index is 0.268. The van der Waals surface area contributed by atoms with Crippen molar-refractivity contribution in [1.29, 1.82) is 0 Å². The molecule has 0 aromatic heterocycles. The Morgan fingerprint density at radius 1 is 1.23 bits per heavy atom. The summed E-state index contributed by atoms with van der Waals surface area (Å²) >= 11 is 9.13. The van der Waals surface area contributed by atoms with Crippen LogP contribution in [0.2, 0.25) is 5.02 Å². The fourth-order valence-corrected chi connectivity index (χ4v) is 1.95. The molecule has 1 unspecified atom stereocenters. The maximum absolute atomic E-state index is 11.9. The molecule has 0 aliphatic rings. The number of carbonyl (C=O) groups is 1. The summed E-state index contributed by atoms with van der Waals surface area (Å²) in [5.74, 6) is -0.268. The van der Waals surface area contributed by atoms with Crippen molar-refractivity contribution in [2.45, 2.75) is 13.0 Å². The number of halogens is 2. The van der Waals surface area contributed by atoms with Gasteiger partial charge in [0.1, 0.15) is 0 Å². The zero-order valence-corrected chi connectivity index (χ0v) is 14.1. The monoisotopic (exact) mass is 380 g/mol. The lowest BCUT2D eigenvalue weighted by molar-refractivity contribution is -0.126. The van der Waals surface area contributed by atoms with Crippen molar-refractivity contribution in [3.8, 4) is 0 Å². The van der Waals surface area contributed by atoms with Crippen LogP contribution in [0.25, 0.3) is 0 Å². The second kappa shape index (κ2) is 7.96. The van der Waals surface area contributed by atoms with E-state index in [0.717, 1.165) is 10.0 Å². The van der Waals surface area contributed by atoms with Crippen molar-refractivity contribution in [2.24, 2.45) is 5.16 Å². The summed E-state index contributed by atoms with van der Waals surface area (Å²) in [7, 11) is 0. The molecule has 114 valence electrons. The van der Waals surface area contributed by atoms with Crippen LogP contribution in [0.3, 0.4) is 0 Å². The topological polar surface area (TPSA) is 50.7 Å². The van der Waals surface area contributed by atoms with Gasteiger partial charge in [-0.3, -0.25) is 4.79 Å². The van der Waals surface area contributed by atoms with Crippen LogP contribution < -0.4 is 5.32 Å². The number of oxime groups is 1. The summed E-state index contributed by atoms with van der Waals surface area (Å²) in [4.78, 5) is 17.1. The third-order valence-electron chi connectivity index (χ3n) is 2.77. The quantitative estimate of drug-likeness (QED) is 0.613. The number of benzene rings is 2. The van der Waals surface area contributed by atoms with Crippen LogP contribution in [0, 0.1) is 0 Å². The molecule has 2 aromatic carbocycles. The minimum Gasteiger partial charge on any atom is -0.383 e. The van der Waals surface area contributed by atoms with E-state index < -0.39 is 6.10 Å². The van der Waals surface area contributed by atoms with Crippen molar-refractivity contribution in [2.75, 3.05) is 5.32 Å². The number of hydrogen-bond acceptors (Lipinski definition) is 3. The number of nitrogens with zero attached hydrogens (tertiary/aromatic N) is 1. The highest BCUT2D eigenvalue weighted by molar-refractivity contribution is 9.10. The molecule has 1 N–H and O–H groups in total. The Morgan fingerprint density at radius 3 is 2.50 bits per heavy atom. The van der Waals surface area contributed by atoms with Gasteiger partial charge in [0.25, 0.3) is 5.91 Å². The van der Waals surface area contributed by atoms with Gasteiger partial charge in [0.15, 0.2) is 0 Å². The predicted molar refractivity (Wildman–Crippen MR) is 92.4 cm³/mol. The highest BCUT2D eigenvalue weighted by Gasteiger charge is 2.13. The van der Waals surface area contributed by atoms with Gasteiger partial charge in [-0.1, -0.05) is 44.8 Å². The standard InChI is InChI=1S/C16H14BrClN2O2/c1-11(16(21)20-15-8-4-13(17)5-9-15)22-19-10-12-2-6-14(18)7-3-12/h2-11H,1H3,(H,20,21)/b19-10+. The van der Waals surface area contributed by atoms with Crippen LogP contribution in [-0.4, -0.2) is 18.2 Å². The Morgan fingerprint density at radius 2 is 1.86 bits per heavy atom. The van der Waals surface area contributed by atoms with Gasteiger partial charge in [-0.2, -0.15) is 0 Å². The Bertz CT molecular complexity index is 657. The number of amides is 1. The van der Waals surface area contributed by atoms with E-state index in [0.29, 0.717) is 10.7 Å². The van der Waals surface area contributed by atoms with Crippen LogP contribution in [0.1, 0.15) is 12.5 Å². The van der Waals surface area contributed by atoms with E-state index in [9.17, 15) is 4.79 Å². The first-order chi connectivity index (χ1) is 10.5. The average molecular weight is 382 g/mol. The van der Waals surface area contributed by atoms with Crippen molar-refractivity contribution in [3.63, 3.8) is 0 Å². The van der Waals surface area contributed by atoms with Gasteiger partial charge in [-0.15, -0.1) is 0 Å². The number of carbonyl (C=O) groups excluding carboxylic acids is 1. The molecule has 0 heterocycles. The van der Waals surface area contributed by atoms with Gasteiger partial charge in [0, 0.05) is 15.2 Å². The first-order valence-electron chi connectivity index (χ1n) is 6.56. The van der Waals surface area contributed by atoms with Crippen molar-refractivity contribution < 1.29 is 9.63 Å².